The standard InChI is InChI=1S/C23H15FN4O4/c24-14-8-6-13(7-9-14)18-15(10-25)17-20(27-18)19(12-4-2-1-3-5-12)28-21(22(17)31)23(32)26-11-16(29)30/h1-9,27,31H,11H2,(H,26,32)(H,29,30). The van der Waals surface area contributed by atoms with Crippen LogP contribution in [0.2, 0.25) is 0 Å². The number of benzene rings is 2. The molecule has 0 atom stereocenters. The Bertz CT molecular complexity index is 1390. The molecule has 0 spiro atoms. The molecule has 0 aliphatic heterocycles. The number of pyridine rings is 1. The maximum Gasteiger partial charge on any atom is 0.322 e. The zero-order valence-electron chi connectivity index (χ0n) is 16.4. The third-order valence-electron chi connectivity index (χ3n) is 4.83. The molecule has 32 heavy (non-hydrogen) atoms. The highest BCUT2D eigenvalue weighted by atomic mass is 19.1. The second kappa shape index (κ2) is 8.20. The van der Waals surface area contributed by atoms with Crippen molar-refractivity contribution in [3.8, 4) is 34.3 Å². The number of carboxylic acids is 1. The van der Waals surface area contributed by atoms with Gasteiger partial charge in [0.25, 0.3) is 5.91 Å². The highest BCUT2D eigenvalue weighted by molar-refractivity contribution is 6.09. The van der Waals surface area contributed by atoms with Crippen molar-refractivity contribution in [1.29, 1.82) is 5.26 Å². The van der Waals surface area contributed by atoms with Crippen molar-refractivity contribution in [1.82, 2.24) is 15.3 Å². The molecular formula is C23H15FN4O4. The van der Waals surface area contributed by atoms with Gasteiger partial charge in [-0.05, 0) is 29.8 Å². The maximum atomic E-state index is 13.4. The fourth-order valence-corrected chi connectivity index (χ4v) is 3.40. The van der Waals surface area contributed by atoms with Crippen molar-refractivity contribution in [3.63, 3.8) is 0 Å². The lowest BCUT2D eigenvalue weighted by atomic mass is 10.0. The fourth-order valence-electron chi connectivity index (χ4n) is 3.40. The van der Waals surface area contributed by atoms with E-state index in [1.807, 2.05) is 6.07 Å². The highest BCUT2D eigenvalue weighted by Gasteiger charge is 2.26. The quantitative estimate of drug-likeness (QED) is 0.383. The zero-order chi connectivity index (χ0) is 22.8. The summed E-state index contributed by atoms with van der Waals surface area (Å²) in [5, 5.41) is 31.8. The van der Waals surface area contributed by atoms with E-state index in [2.05, 4.69) is 15.3 Å². The summed E-state index contributed by atoms with van der Waals surface area (Å²) in [6, 6.07) is 16.3. The molecule has 0 aliphatic carbocycles. The van der Waals surface area contributed by atoms with Gasteiger partial charge in [0.05, 0.1) is 27.9 Å². The number of H-pyrrole nitrogens is 1. The van der Waals surface area contributed by atoms with Gasteiger partial charge < -0.3 is 20.5 Å². The fraction of sp³-hybridized carbons (Fsp3) is 0.0435. The Morgan fingerprint density at radius 1 is 1.09 bits per heavy atom. The summed E-state index contributed by atoms with van der Waals surface area (Å²) in [7, 11) is 0. The lowest BCUT2D eigenvalue weighted by Crippen LogP contribution is -2.30. The molecule has 0 saturated heterocycles. The van der Waals surface area contributed by atoms with Gasteiger partial charge in [-0.1, -0.05) is 30.3 Å². The van der Waals surface area contributed by atoms with Crippen LogP contribution in [-0.2, 0) is 4.79 Å². The number of hydrogen-bond donors (Lipinski definition) is 4. The van der Waals surface area contributed by atoms with E-state index in [0.29, 0.717) is 22.3 Å². The largest absolute Gasteiger partial charge is 0.505 e. The minimum Gasteiger partial charge on any atom is -0.505 e. The van der Waals surface area contributed by atoms with Crippen LogP contribution in [0.5, 0.6) is 5.75 Å². The topological polar surface area (TPSA) is 139 Å². The van der Waals surface area contributed by atoms with Gasteiger partial charge in [-0.3, -0.25) is 9.59 Å². The summed E-state index contributed by atoms with van der Waals surface area (Å²) in [6.45, 7) is -0.669. The van der Waals surface area contributed by atoms with E-state index in [1.165, 1.54) is 24.3 Å². The number of carbonyl (C=O) groups excluding carboxylic acids is 1. The minimum atomic E-state index is -1.26. The minimum absolute atomic E-state index is 0.0379. The molecule has 0 radical (unpaired) electrons. The number of aromatic hydroxyl groups is 1. The van der Waals surface area contributed by atoms with Crippen LogP contribution in [0, 0.1) is 17.1 Å². The first-order chi connectivity index (χ1) is 15.4. The number of aromatic nitrogens is 2. The van der Waals surface area contributed by atoms with Crippen LogP contribution in [-0.4, -0.2) is 38.6 Å². The summed E-state index contributed by atoms with van der Waals surface area (Å²) in [6.07, 6.45) is 0. The van der Waals surface area contributed by atoms with Gasteiger partial charge in [0, 0.05) is 5.56 Å². The molecule has 0 fully saturated rings. The van der Waals surface area contributed by atoms with Crippen LogP contribution in [0.3, 0.4) is 0 Å². The number of fused-ring (bicyclic) bond motifs is 1. The molecule has 4 aromatic rings. The molecule has 0 unspecified atom stereocenters. The van der Waals surface area contributed by atoms with Crippen molar-refractivity contribution < 1.29 is 24.2 Å². The van der Waals surface area contributed by atoms with Crippen molar-refractivity contribution in [2.24, 2.45) is 0 Å². The first-order valence-electron chi connectivity index (χ1n) is 9.40. The van der Waals surface area contributed by atoms with Crippen molar-refractivity contribution in [3.05, 3.63) is 71.7 Å². The summed E-state index contributed by atoms with van der Waals surface area (Å²) >= 11 is 0. The van der Waals surface area contributed by atoms with E-state index in [-0.39, 0.29) is 16.6 Å². The molecular weight excluding hydrogens is 415 g/mol. The Hall–Kier alpha value is -4.71. The number of nitriles is 1. The number of nitrogens with one attached hydrogen (secondary N) is 2. The highest BCUT2D eigenvalue weighted by Crippen LogP contribution is 2.40. The number of aliphatic carboxylic acids is 1. The molecule has 2 aromatic heterocycles. The number of carboxylic acid groups (broad SMARTS) is 1. The number of halogens is 1. The van der Waals surface area contributed by atoms with Crippen molar-refractivity contribution in [2.45, 2.75) is 0 Å². The first kappa shape index (κ1) is 20.6. The summed E-state index contributed by atoms with van der Waals surface area (Å²) < 4.78 is 13.4. The lowest BCUT2D eigenvalue weighted by molar-refractivity contribution is -0.135. The Balaban J connectivity index is 2.03. The molecule has 4 N–H and O–H groups in total. The number of rotatable bonds is 5. The molecule has 0 aliphatic rings. The zero-order valence-corrected chi connectivity index (χ0v) is 16.4. The Kier molecular flexibility index (Phi) is 5.27. The van der Waals surface area contributed by atoms with Gasteiger partial charge in [-0.25, -0.2) is 9.37 Å². The summed E-state index contributed by atoms with van der Waals surface area (Å²) in [5.74, 6) is -3.18. The molecule has 0 bridgehead atoms. The van der Waals surface area contributed by atoms with Crippen LogP contribution in [0.25, 0.3) is 33.4 Å². The Labute approximate surface area is 180 Å². The van der Waals surface area contributed by atoms with Crippen LogP contribution >= 0.6 is 0 Å². The second-order valence-corrected chi connectivity index (χ2v) is 6.84. The first-order valence-corrected chi connectivity index (χ1v) is 9.40. The van der Waals surface area contributed by atoms with Gasteiger partial charge in [0.1, 0.15) is 18.4 Å². The number of hydrogen-bond acceptors (Lipinski definition) is 5. The summed E-state index contributed by atoms with van der Waals surface area (Å²) in [5.41, 5.74) is 1.62. The van der Waals surface area contributed by atoms with E-state index in [4.69, 9.17) is 5.11 Å². The van der Waals surface area contributed by atoms with Crippen LogP contribution in [0.4, 0.5) is 4.39 Å². The normalized spacial score (nSPS) is 10.6. The van der Waals surface area contributed by atoms with E-state index in [1.54, 1.807) is 30.3 Å². The predicted octanol–water partition coefficient (Wildman–Crippen LogP) is 3.43. The molecule has 2 heterocycles. The van der Waals surface area contributed by atoms with Crippen molar-refractivity contribution in [2.75, 3.05) is 6.54 Å². The maximum absolute atomic E-state index is 13.4. The van der Waals surface area contributed by atoms with E-state index in [9.17, 15) is 24.3 Å². The van der Waals surface area contributed by atoms with Gasteiger partial charge in [-0.2, -0.15) is 5.26 Å². The predicted molar refractivity (Wildman–Crippen MR) is 113 cm³/mol. The van der Waals surface area contributed by atoms with E-state index in [0.717, 1.165) is 0 Å². The van der Waals surface area contributed by atoms with E-state index < -0.39 is 35.7 Å². The SMILES string of the molecule is N#Cc1c(-c2ccc(F)cc2)[nH]c2c(-c3ccccc3)nc(C(=O)NCC(=O)O)c(O)c12. The van der Waals surface area contributed by atoms with Gasteiger partial charge >= 0.3 is 5.97 Å². The third-order valence-corrected chi connectivity index (χ3v) is 4.83. The number of aromatic amines is 1. The number of amides is 1. The molecule has 0 saturated carbocycles. The number of carbonyl (C=O) groups is 2. The van der Waals surface area contributed by atoms with Gasteiger partial charge in [0.15, 0.2) is 11.4 Å². The molecule has 9 heteroatoms. The molecule has 8 nitrogen and oxygen atoms in total. The average molecular weight is 430 g/mol. The lowest BCUT2D eigenvalue weighted by Gasteiger charge is -2.10. The van der Waals surface area contributed by atoms with Crippen LogP contribution in [0.1, 0.15) is 16.1 Å². The van der Waals surface area contributed by atoms with Gasteiger partial charge in [0.2, 0.25) is 0 Å². The molecule has 158 valence electrons. The summed E-state index contributed by atoms with van der Waals surface area (Å²) in [4.78, 5) is 30.8. The number of nitrogens with zero attached hydrogens (tertiary/aromatic N) is 2. The second-order valence-electron chi connectivity index (χ2n) is 6.84. The third kappa shape index (κ3) is 3.61. The Morgan fingerprint density at radius 3 is 2.41 bits per heavy atom. The molecule has 4 rings (SSSR count). The van der Waals surface area contributed by atoms with Crippen molar-refractivity contribution >= 4 is 22.8 Å². The average Bonchev–Trinajstić information content (AvgIpc) is 3.19. The molecule has 2 aromatic carbocycles. The molecule has 1 amide bonds. The van der Waals surface area contributed by atoms with E-state index >= 15 is 0 Å². The van der Waals surface area contributed by atoms with Gasteiger partial charge in [-0.15, -0.1) is 0 Å². The Morgan fingerprint density at radius 2 is 1.78 bits per heavy atom. The monoisotopic (exact) mass is 430 g/mol. The van der Waals surface area contributed by atoms with Crippen LogP contribution in [0.15, 0.2) is 54.6 Å². The smallest absolute Gasteiger partial charge is 0.322 e. The van der Waals surface area contributed by atoms with Crippen LogP contribution < -0.4 is 5.32 Å².